The van der Waals surface area contributed by atoms with E-state index in [1.807, 2.05) is 23.1 Å². The molecule has 1 aromatic carbocycles. The van der Waals surface area contributed by atoms with E-state index in [9.17, 15) is 4.79 Å². The quantitative estimate of drug-likeness (QED) is 0.919. The molecule has 1 spiro atoms. The van der Waals surface area contributed by atoms with Crippen LogP contribution in [0.3, 0.4) is 0 Å². The highest BCUT2D eigenvalue weighted by Crippen LogP contribution is 2.47. The number of amides is 1. The Morgan fingerprint density at radius 3 is 2.71 bits per heavy atom. The van der Waals surface area contributed by atoms with E-state index in [0.29, 0.717) is 5.92 Å². The molecule has 2 fully saturated rings. The number of halogens is 1. The second kappa shape index (κ2) is 5.29. The average molecular weight is 307 g/mol. The summed E-state index contributed by atoms with van der Waals surface area (Å²) >= 11 is 6.13. The minimum absolute atomic E-state index is 0.0531. The maximum atomic E-state index is 12.9. The number of benzene rings is 1. The van der Waals surface area contributed by atoms with Gasteiger partial charge in [0.1, 0.15) is 11.7 Å². The molecule has 1 aliphatic heterocycles. The summed E-state index contributed by atoms with van der Waals surface area (Å²) in [6.45, 7) is 6.55. The van der Waals surface area contributed by atoms with Crippen molar-refractivity contribution in [1.82, 2.24) is 10.2 Å². The van der Waals surface area contributed by atoms with Crippen LogP contribution in [0.4, 0.5) is 0 Å². The monoisotopic (exact) mass is 306 g/mol. The third-order valence-electron chi connectivity index (χ3n) is 5.16. The largest absolute Gasteiger partial charge is 0.318 e. The lowest BCUT2D eigenvalue weighted by Crippen LogP contribution is -2.42. The van der Waals surface area contributed by atoms with Gasteiger partial charge in [-0.05, 0) is 43.4 Å². The van der Waals surface area contributed by atoms with Crippen molar-refractivity contribution in [3.63, 3.8) is 0 Å². The van der Waals surface area contributed by atoms with E-state index >= 15 is 0 Å². The molecule has 3 unspecified atom stereocenters. The molecule has 3 nitrogen and oxygen atoms in total. The highest BCUT2D eigenvalue weighted by Gasteiger charge is 2.60. The molecule has 3 rings (SSSR count). The Bertz CT molecular complexity index is 555. The fourth-order valence-electron chi connectivity index (χ4n) is 3.20. The Labute approximate surface area is 131 Å². The zero-order chi connectivity index (χ0) is 15.2. The number of rotatable bonds is 4. The lowest BCUT2D eigenvalue weighted by molar-refractivity contribution is -0.133. The maximum absolute atomic E-state index is 12.9. The van der Waals surface area contributed by atoms with Crippen LogP contribution >= 0.6 is 11.6 Å². The van der Waals surface area contributed by atoms with Crippen molar-refractivity contribution < 1.29 is 4.79 Å². The summed E-state index contributed by atoms with van der Waals surface area (Å²) in [4.78, 5) is 14.9. The first-order valence-electron chi connectivity index (χ1n) is 7.84. The molecule has 1 amide bonds. The summed E-state index contributed by atoms with van der Waals surface area (Å²) < 4.78 is 0. The number of hydrogen-bond acceptors (Lipinski definition) is 2. The molecule has 0 aromatic heterocycles. The first-order chi connectivity index (χ1) is 9.98. The molecule has 114 valence electrons. The van der Waals surface area contributed by atoms with Gasteiger partial charge in [0.25, 0.3) is 0 Å². The third-order valence-corrected chi connectivity index (χ3v) is 5.39. The van der Waals surface area contributed by atoms with E-state index in [1.165, 1.54) is 0 Å². The Morgan fingerprint density at radius 1 is 1.43 bits per heavy atom. The van der Waals surface area contributed by atoms with Crippen LogP contribution in [0.25, 0.3) is 0 Å². The number of hydrogen-bond donors (Lipinski definition) is 1. The van der Waals surface area contributed by atoms with Gasteiger partial charge in [-0.15, -0.1) is 0 Å². The summed E-state index contributed by atoms with van der Waals surface area (Å²) in [6.07, 6.45) is 2.92. The second-order valence-corrected chi connectivity index (χ2v) is 6.96. The minimum Gasteiger partial charge on any atom is -0.318 e. The maximum Gasteiger partial charge on any atom is 0.244 e. The zero-order valence-electron chi connectivity index (χ0n) is 12.9. The predicted molar refractivity (Wildman–Crippen MR) is 85.1 cm³/mol. The number of carbonyl (C=O) groups excluding carboxylic acids is 1. The Balaban J connectivity index is 1.95. The summed E-state index contributed by atoms with van der Waals surface area (Å²) in [5, 5.41) is 4.28. The molecule has 4 heteroatoms. The zero-order valence-corrected chi connectivity index (χ0v) is 13.7. The smallest absolute Gasteiger partial charge is 0.244 e. The highest BCUT2D eigenvalue weighted by atomic mass is 35.5. The molecule has 0 bridgehead atoms. The van der Waals surface area contributed by atoms with Crippen LogP contribution in [-0.2, 0) is 4.79 Å². The molecule has 1 aliphatic carbocycles. The molecule has 2 aliphatic rings. The van der Waals surface area contributed by atoms with Crippen molar-refractivity contribution in [3.8, 4) is 0 Å². The third kappa shape index (κ3) is 2.47. The fraction of sp³-hybridized carbons (Fsp3) is 0.588. The lowest BCUT2D eigenvalue weighted by atomic mass is 9.98. The molecule has 1 saturated heterocycles. The van der Waals surface area contributed by atoms with Gasteiger partial charge in [0, 0.05) is 11.1 Å². The highest BCUT2D eigenvalue weighted by molar-refractivity contribution is 6.30. The van der Waals surface area contributed by atoms with Gasteiger partial charge in [0.15, 0.2) is 0 Å². The van der Waals surface area contributed by atoms with Crippen molar-refractivity contribution in [2.45, 2.75) is 57.8 Å². The van der Waals surface area contributed by atoms with Crippen LogP contribution < -0.4 is 5.32 Å². The van der Waals surface area contributed by atoms with Crippen LogP contribution in [0.1, 0.15) is 51.8 Å². The van der Waals surface area contributed by atoms with Gasteiger partial charge < -0.3 is 4.90 Å². The molecular weight excluding hydrogens is 284 g/mol. The molecular formula is C17H23ClN2O. The first kappa shape index (κ1) is 14.9. The van der Waals surface area contributed by atoms with Gasteiger partial charge in [0.05, 0.1) is 0 Å². The second-order valence-electron chi connectivity index (χ2n) is 6.52. The van der Waals surface area contributed by atoms with Crippen molar-refractivity contribution in [1.29, 1.82) is 0 Å². The van der Waals surface area contributed by atoms with Crippen LogP contribution in [-0.4, -0.2) is 22.4 Å². The van der Waals surface area contributed by atoms with Crippen molar-refractivity contribution in [3.05, 3.63) is 34.9 Å². The van der Waals surface area contributed by atoms with Gasteiger partial charge in [0.2, 0.25) is 5.91 Å². The Kier molecular flexibility index (Phi) is 3.74. The van der Waals surface area contributed by atoms with E-state index < -0.39 is 0 Å². The normalized spacial score (nSPS) is 26.2. The van der Waals surface area contributed by atoms with Crippen LogP contribution in [0.2, 0.25) is 5.02 Å². The molecule has 1 N–H and O–H groups in total. The van der Waals surface area contributed by atoms with Gasteiger partial charge in [-0.2, -0.15) is 0 Å². The van der Waals surface area contributed by atoms with Gasteiger partial charge in [-0.1, -0.05) is 44.0 Å². The van der Waals surface area contributed by atoms with Gasteiger partial charge >= 0.3 is 0 Å². The van der Waals surface area contributed by atoms with Crippen LogP contribution in [0, 0.1) is 5.92 Å². The van der Waals surface area contributed by atoms with Gasteiger partial charge in [-0.3, -0.25) is 10.1 Å². The number of carbonyl (C=O) groups is 1. The van der Waals surface area contributed by atoms with Gasteiger partial charge in [-0.25, -0.2) is 0 Å². The van der Waals surface area contributed by atoms with E-state index in [1.54, 1.807) is 0 Å². The fourth-order valence-corrected chi connectivity index (χ4v) is 3.40. The molecule has 0 radical (unpaired) electrons. The summed E-state index contributed by atoms with van der Waals surface area (Å²) in [5.41, 5.74) is 0.782. The minimum atomic E-state index is -0.297. The summed E-state index contributed by atoms with van der Waals surface area (Å²) in [5.74, 6) is 0.742. The molecule has 1 heterocycles. The van der Waals surface area contributed by atoms with Crippen LogP contribution in [0.5, 0.6) is 0 Å². The van der Waals surface area contributed by atoms with E-state index in [-0.39, 0.29) is 23.7 Å². The molecule has 3 atom stereocenters. The van der Waals surface area contributed by atoms with Crippen molar-refractivity contribution in [2.75, 3.05) is 0 Å². The topological polar surface area (TPSA) is 32.3 Å². The lowest BCUT2D eigenvalue weighted by Gasteiger charge is -2.34. The first-order valence-corrected chi connectivity index (χ1v) is 8.22. The van der Waals surface area contributed by atoms with Crippen molar-refractivity contribution >= 4 is 17.5 Å². The van der Waals surface area contributed by atoms with Crippen LogP contribution in [0.15, 0.2) is 24.3 Å². The Morgan fingerprint density at radius 2 is 2.14 bits per heavy atom. The standard InChI is InChI=1S/C17H23ClN2O/c1-4-11(2)12(3)20-15(13-6-5-7-14(18)10-13)19-17(8-9-17)16(20)21/h5-7,10-12,15,19H,4,8-9H2,1-3H3. The summed E-state index contributed by atoms with van der Waals surface area (Å²) in [6, 6.07) is 8.06. The number of nitrogens with zero attached hydrogens (tertiary/aromatic N) is 1. The van der Waals surface area contributed by atoms with Crippen molar-refractivity contribution in [2.24, 2.45) is 5.92 Å². The number of nitrogens with one attached hydrogen (secondary N) is 1. The molecule has 1 saturated carbocycles. The van der Waals surface area contributed by atoms with E-state index in [0.717, 1.165) is 29.8 Å². The molecule has 1 aromatic rings. The molecule has 21 heavy (non-hydrogen) atoms. The predicted octanol–water partition coefficient (Wildman–Crippen LogP) is 3.74. The van der Waals surface area contributed by atoms with E-state index in [4.69, 9.17) is 11.6 Å². The average Bonchev–Trinajstić information content (AvgIpc) is 3.19. The summed E-state index contributed by atoms with van der Waals surface area (Å²) in [7, 11) is 0. The Hall–Kier alpha value is -1.06. The SMILES string of the molecule is CCC(C)C(C)N1C(=O)C2(CC2)NC1c1cccc(Cl)c1. The van der Waals surface area contributed by atoms with E-state index in [2.05, 4.69) is 32.2 Å².